The Morgan fingerprint density at radius 3 is 2.42 bits per heavy atom. The van der Waals surface area contributed by atoms with Crippen LogP contribution >= 0.6 is 0 Å². The number of ketones is 1. The second kappa shape index (κ2) is 6.21. The smallest absolute Gasteiger partial charge is 0.408 e. The number of rotatable bonds is 4. The van der Waals surface area contributed by atoms with Gasteiger partial charge in [0.25, 0.3) is 5.91 Å². The summed E-state index contributed by atoms with van der Waals surface area (Å²) in [5, 5.41) is 2.74. The van der Waals surface area contributed by atoms with E-state index < -0.39 is 5.76 Å². The number of hydrogen-bond donors (Lipinski definition) is 3. The number of oxazole rings is 1. The Morgan fingerprint density at radius 2 is 1.69 bits per heavy atom. The maximum Gasteiger partial charge on any atom is 0.417 e. The molecule has 4 rings (SSSR count). The molecule has 2 aromatic heterocycles. The Hall–Kier alpha value is -3.87. The van der Waals surface area contributed by atoms with Gasteiger partial charge in [0.2, 0.25) is 0 Å². The van der Waals surface area contributed by atoms with Crippen molar-refractivity contribution in [2.75, 3.05) is 5.32 Å². The summed E-state index contributed by atoms with van der Waals surface area (Å²) in [6.07, 6.45) is 3.30. The average Bonchev–Trinajstić information content (AvgIpc) is 3.29. The molecule has 1 amide bonds. The van der Waals surface area contributed by atoms with Gasteiger partial charge >= 0.3 is 5.76 Å². The molecule has 0 saturated heterocycles. The number of anilines is 1. The molecular weight excluding hydrogens is 334 g/mol. The van der Waals surface area contributed by atoms with Gasteiger partial charge in [-0.25, -0.2) is 4.79 Å². The fraction of sp³-hybridized carbons (Fsp3) is 0. The SMILES string of the molecule is O=C(Nc1ccc2oc(=O)[nH]c2c1)c1ccc(C(=O)c2cc[nH]c2)cc1. The van der Waals surface area contributed by atoms with Gasteiger partial charge in [-0.15, -0.1) is 0 Å². The van der Waals surface area contributed by atoms with Gasteiger partial charge in [0, 0.05) is 34.8 Å². The number of H-pyrrole nitrogens is 2. The lowest BCUT2D eigenvalue weighted by Gasteiger charge is -2.06. The summed E-state index contributed by atoms with van der Waals surface area (Å²) in [4.78, 5) is 41.2. The van der Waals surface area contributed by atoms with Crippen LogP contribution in [0.3, 0.4) is 0 Å². The van der Waals surface area contributed by atoms with Gasteiger partial charge in [0.15, 0.2) is 11.4 Å². The molecule has 0 bridgehead atoms. The zero-order valence-electron chi connectivity index (χ0n) is 13.4. The molecule has 0 unspecified atom stereocenters. The topological polar surface area (TPSA) is 108 Å². The first kappa shape index (κ1) is 15.6. The lowest BCUT2D eigenvalue weighted by atomic mass is 10.0. The Morgan fingerprint density at radius 1 is 0.923 bits per heavy atom. The highest BCUT2D eigenvalue weighted by atomic mass is 16.4. The third-order valence-electron chi connectivity index (χ3n) is 3.95. The minimum Gasteiger partial charge on any atom is -0.408 e. The molecule has 7 heteroatoms. The molecule has 0 fully saturated rings. The standard InChI is InChI=1S/C19H13N3O4/c23-17(13-7-8-20-10-13)11-1-3-12(4-2-11)18(24)21-14-5-6-16-15(9-14)22-19(25)26-16/h1-10,20H,(H,21,24)(H,22,25). The van der Waals surface area contributed by atoms with Gasteiger partial charge in [-0.3, -0.25) is 14.6 Å². The average molecular weight is 347 g/mol. The van der Waals surface area contributed by atoms with Crippen LogP contribution in [0.4, 0.5) is 5.69 Å². The van der Waals surface area contributed by atoms with Gasteiger partial charge in [0.05, 0.1) is 5.52 Å². The van der Waals surface area contributed by atoms with E-state index >= 15 is 0 Å². The molecule has 0 spiro atoms. The molecule has 4 aromatic rings. The second-order valence-corrected chi connectivity index (χ2v) is 5.69. The predicted octanol–water partition coefficient (Wildman–Crippen LogP) is 2.93. The predicted molar refractivity (Wildman–Crippen MR) is 95.5 cm³/mol. The van der Waals surface area contributed by atoms with Crippen molar-refractivity contribution >= 4 is 28.5 Å². The fourth-order valence-corrected chi connectivity index (χ4v) is 2.64. The maximum atomic E-state index is 12.4. The summed E-state index contributed by atoms with van der Waals surface area (Å²) >= 11 is 0. The van der Waals surface area contributed by atoms with Crippen molar-refractivity contribution in [2.24, 2.45) is 0 Å². The van der Waals surface area contributed by atoms with Gasteiger partial charge in [-0.2, -0.15) is 0 Å². The highest BCUT2D eigenvalue weighted by Crippen LogP contribution is 2.17. The maximum absolute atomic E-state index is 12.4. The van der Waals surface area contributed by atoms with Crippen LogP contribution in [0.15, 0.2) is 70.1 Å². The van der Waals surface area contributed by atoms with Crippen molar-refractivity contribution in [3.8, 4) is 0 Å². The molecule has 3 N–H and O–H groups in total. The van der Waals surface area contributed by atoms with E-state index in [1.165, 1.54) is 0 Å². The molecule has 128 valence electrons. The van der Waals surface area contributed by atoms with E-state index in [1.807, 2.05) is 0 Å². The monoisotopic (exact) mass is 347 g/mol. The van der Waals surface area contributed by atoms with E-state index in [1.54, 1.807) is 60.9 Å². The molecule has 7 nitrogen and oxygen atoms in total. The summed E-state index contributed by atoms with van der Waals surface area (Å²) in [6.45, 7) is 0. The van der Waals surface area contributed by atoms with Crippen molar-refractivity contribution in [3.63, 3.8) is 0 Å². The molecule has 0 aliphatic heterocycles. The molecule has 0 aliphatic carbocycles. The zero-order chi connectivity index (χ0) is 18.1. The van der Waals surface area contributed by atoms with E-state index in [-0.39, 0.29) is 11.7 Å². The summed E-state index contributed by atoms with van der Waals surface area (Å²) in [5.41, 5.74) is 2.91. The van der Waals surface area contributed by atoms with E-state index in [0.717, 1.165) is 0 Å². The van der Waals surface area contributed by atoms with E-state index in [0.29, 0.717) is 33.5 Å². The quantitative estimate of drug-likeness (QED) is 0.493. The van der Waals surface area contributed by atoms with Crippen molar-refractivity contribution in [1.29, 1.82) is 0 Å². The number of nitrogens with one attached hydrogen (secondary N) is 3. The Kier molecular flexibility index (Phi) is 3.74. The van der Waals surface area contributed by atoms with Crippen molar-refractivity contribution in [1.82, 2.24) is 9.97 Å². The van der Waals surface area contributed by atoms with Crippen LogP contribution in [-0.2, 0) is 0 Å². The van der Waals surface area contributed by atoms with Gasteiger partial charge in [0.1, 0.15) is 0 Å². The number of aromatic nitrogens is 2. The highest BCUT2D eigenvalue weighted by molar-refractivity contribution is 6.10. The van der Waals surface area contributed by atoms with Crippen LogP contribution in [0.5, 0.6) is 0 Å². The fourth-order valence-electron chi connectivity index (χ4n) is 2.64. The number of carbonyl (C=O) groups is 2. The lowest BCUT2D eigenvalue weighted by Crippen LogP contribution is -2.12. The first-order valence-electron chi connectivity index (χ1n) is 7.82. The Balaban J connectivity index is 1.52. The number of aromatic amines is 2. The van der Waals surface area contributed by atoms with Gasteiger partial charge < -0.3 is 14.7 Å². The van der Waals surface area contributed by atoms with Gasteiger partial charge in [-0.05, 0) is 36.4 Å². The van der Waals surface area contributed by atoms with E-state index in [2.05, 4.69) is 15.3 Å². The minimum atomic E-state index is -0.550. The molecule has 2 aromatic carbocycles. The molecule has 0 saturated carbocycles. The van der Waals surface area contributed by atoms with E-state index in [4.69, 9.17) is 4.42 Å². The van der Waals surface area contributed by atoms with Crippen LogP contribution in [-0.4, -0.2) is 21.7 Å². The molecule has 0 atom stereocenters. The second-order valence-electron chi connectivity index (χ2n) is 5.69. The third-order valence-corrected chi connectivity index (χ3v) is 3.95. The van der Waals surface area contributed by atoms with E-state index in [9.17, 15) is 14.4 Å². The zero-order valence-corrected chi connectivity index (χ0v) is 13.4. The number of hydrogen-bond acceptors (Lipinski definition) is 4. The summed E-state index contributed by atoms with van der Waals surface area (Å²) in [6, 6.07) is 13.0. The molecule has 26 heavy (non-hydrogen) atoms. The molecule has 2 heterocycles. The number of amides is 1. The lowest BCUT2D eigenvalue weighted by molar-refractivity contribution is 0.102. The van der Waals surface area contributed by atoms with Gasteiger partial charge in [-0.1, -0.05) is 12.1 Å². The first-order chi connectivity index (χ1) is 12.6. The van der Waals surface area contributed by atoms with Crippen LogP contribution < -0.4 is 11.1 Å². The third kappa shape index (κ3) is 2.93. The number of carbonyl (C=O) groups excluding carboxylic acids is 2. The van der Waals surface area contributed by atoms with Crippen LogP contribution in [0.25, 0.3) is 11.1 Å². The largest absolute Gasteiger partial charge is 0.417 e. The molecular formula is C19H13N3O4. The number of benzene rings is 2. The van der Waals surface area contributed by atoms with Crippen molar-refractivity contribution in [3.05, 3.63) is 88.2 Å². The first-order valence-corrected chi connectivity index (χ1v) is 7.82. The Bertz CT molecular complexity index is 1150. The van der Waals surface area contributed by atoms with Crippen molar-refractivity contribution < 1.29 is 14.0 Å². The van der Waals surface area contributed by atoms with Crippen LogP contribution in [0.1, 0.15) is 26.3 Å². The highest BCUT2D eigenvalue weighted by Gasteiger charge is 2.12. The molecule has 0 radical (unpaired) electrons. The summed E-state index contributed by atoms with van der Waals surface area (Å²) < 4.78 is 4.92. The van der Waals surface area contributed by atoms with Crippen LogP contribution in [0, 0.1) is 0 Å². The van der Waals surface area contributed by atoms with Crippen LogP contribution in [0.2, 0.25) is 0 Å². The Labute approximate surface area is 146 Å². The van der Waals surface area contributed by atoms with Crippen molar-refractivity contribution in [2.45, 2.75) is 0 Å². The minimum absolute atomic E-state index is 0.118. The summed E-state index contributed by atoms with van der Waals surface area (Å²) in [5.74, 6) is -0.991. The number of fused-ring (bicyclic) bond motifs is 1. The summed E-state index contributed by atoms with van der Waals surface area (Å²) in [7, 11) is 0. The normalized spacial score (nSPS) is 10.8. The molecule has 0 aliphatic rings.